The molecule has 0 aliphatic carbocycles. The van der Waals surface area contributed by atoms with Gasteiger partial charge in [-0.3, -0.25) is 4.79 Å². The number of carbonyl (C=O) groups excluding carboxylic acids is 1. The van der Waals surface area contributed by atoms with Crippen LogP contribution in [0.2, 0.25) is 0 Å². The molecule has 0 spiro atoms. The first-order valence-electron chi connectivity index (χ1n) is 7.86. The van der Waals surface area contributed by atoms with Crippen LogP contribution in [0.25, 0.3) is 0 Å². The highest BCUT2D eigenvalue weighted by Gasteiger charge is 2.13. The van der Waals surface area contributed by atoms with E-state index in [9.17, 15) is 4.79 Å². The second-order valence-electron chi connectivity index (χ2n) is 5.55. The highest BCUT2D eigenvalue weighted by molar-refractivity contribution is 5.94. The zero-order valence-electron chi connectivity index (χ0n) is 13.9. The fraction of sp³-hybridized carbons (Fsp3) is 0.588. The van der Waals surface area contributed by atoms with Gasteiger partial charge in [-0.1, -0.05) is 6.92 Å². The third-order valence-electron chi connectivity index (χ3n) is 3.41. The van der Waals surface area contributed by atoms with Crippen LogP contribution in [0.4, 0.5) is 5.69 Å². The quantitative estimate of drug-likeness (QED) is 0.760. The van der Waals surface area contributed by atoms with E-state index in [-0.39, 0.29) is 5.91 Å². The van der Waals surface area contributed by atoms with E-state index in [4.69, 9.17) is 0 Å². The normalized spacial score (nSPS) is 10.7. The van der Waals surface area contributed by atoms with Gasteiger partial charge in [0.05, 0.1) is 0 Å². The molecule has 118 valence electrons. The summed E-state index contributed by atoms with van der Waals surface area (Å²) in [6.07, 6.45) is 2.10. The highest BCUT2D eigenvalue weighted by atomic mass is 16.2. The van der Waals surface area contributed by atoms with Gasteiger partial charge < -0.3 is 15.1 Å². The Balaban J connectivity index is 2.58. The molecule has 0 heterocycles. The summed E-state index contributed by atoms with van der Waals surface area (Å²) in [6.45, 7) is 7.69. The largest absolute Gasteiger partial charge is 0.385 e. The van der Waals surface area contributed by atoms with Crippen LogP contribution in [0.1, 0.15) is 37.0 Å². The smallest absolute Gasteiger partial charge is 0.253 e. The molecule has 1 amide bonds. The van der Waals surface area contributed by atoms with Crippen molar-refractivity contribution in [3.8, 4) is 0 Å². The third-order valence-corrected chi connectivity index (χ3v) is 3.41. The van der Waals surface area contributed by atoms with Gasteiger partial charge in [-0.15, -0.1) is 0 Å². The lowest BCUT2D eigenvalue weighted by atomic mass is 10.1. The van der Waals surface area contributed by atoms with Crippen molar-refractivity contribution in [1.82, 2.24) is 9.80 Å². The Morgan fingerprint density at radius 2 is 1.76 bits per heavy atom. The summed E-state index contributed by atoms with van der Waals surface area (Å²) in [6, 6.07) is 7.79. The van der Waals surface area contributed by atoms with Crippen molar-refractivity contribution in [2.45, 2.75) is 26.7 Å². The van der Waals surface area contributed by atoms with E-state index in [1.807, 2.05) is 36.1 Å². The van der Waals surface area contributed by atoms with Crippen molar-refractivity contribution < 1.29 is 4.79 Å². The molecule has 4 nitrogen and oxygen atoms in total. The van der Waals surface area contributed by atoms with E-state index >= 15 is 0 Å². The summed E-state index contributed by atoms with van der Waals surface area (Å²) in [4.78, 5) is 16.5. The number of hydrogen-bond donors (Lipinski definition) is 1. The molecule has 1 aromatic rings. The summed E-state index contributed by atoms with van der Waals surface area (Å²) >= 11 is 0. The molecule has 1 aromatic carbocycles. The van der Waals surface area contributed by atoms with Gasteiger partial charge in [0, 0.05) is 30.9 Å². The summed E-state index contributed by atoms with van der Waals surface area (Å²) in [7, 11) is 4.11. The lowest BCUT2D eigenvalue weighted by molar-refractivity contribution is 0.0759. The van der Waals surface area contributed by atoms with Crippen LogP contribution < -0.4 is 5.32 Å². The number of benzene rings is 1. The van der Waals surface area contributed by atoms with Crippen molar-refractivity contribution in [3.63, 3.8) is 0 Å². The Bertz CT molecular complexity index is 415. The van der Waals surface area contributed by atoms with Gasteiger partial charge in [-0.25, -0.2) is 0 Å². The van der Waals surface area contributed by atoms with Crippen LogP contribution >= 0.6 is 0 Å². The molecule has 1 rings (SSSR count). The second-order valence-corrected chi connectivity index (χ2v) is 5.55. The highest BCUT2D eigenvalue weighted by Crippen LogP contribution is 2.12. The Kier molecular flexibility index (Phi) is 7.83. The fourth-order valence-corrected chi connectivity index (χ4v) is 2.16. The first kappa shape index (κ1) is 17.5. The van der Waals surface area contributed by atoms with Crippen LogP contribution in [0.15, 0.2) is 24.3 Å². The molecule has 4 heteroatoms. The van der Waals surface area contributed by atoms with Gasteiger partial charge in [0.15, 0.2) is 0 Å². The molecule has 0 atom stereocenters. The molecule has 0 bridgehead atoms. The number of nitrogens with zero attached hydrogens (tertiary/aromatic N) is 2. The minimum Gasteiger partial charge on any atom is -0.385 e. The lowest BCUT2D eigenvalue weighted by Crippen LogP contribution is -2.33. The van der Waals surface area contributed by atoms with Crippen molar-refractivity contribution in [3.05, 3.63) is 29.8 Å². The van der Waals surface area contributed by atoms with Crippen molar-refractivity contribution in [2.24, 2.45) is 0 Å². The zero-order chi connectivity index (χ0) is 15.7. The van der Waals surface area contributed by atoms with Gasteiger partial charge in [0.1, 0.15) is 0 Å². The number of nitrogens with one attached hydrogen (secondary N) is 1. The second kappa shape index (κ2) is 9.40. The van der Waals surface area contributed by atoms with Crippen molar-refractivity contribution >= 4 is 11.6 Å². The van der Waals surface area contributed by atoms with E-state index in [1.54, 1.807) is 0 Å². The maximum atomic E-state index is 12.5. The molecule has 0 saturated carbocycles. The minimum absolute atomic E-state index is 0.123. The van der Waals surface area contributed by atoms with E-state index < -0.39 is 0 Å². The summed E-state index contributed by atoms with van der Waals surface area (Å²) in [5.74, 6) is 0.123. The molecule has 0 fully saturated rings. The molecule has 0 aliphatic rings. The molecule has 0 unspecified atom stereocenters. The van der Waals surface area contributed by atoms with Gasteiger partial charge in [-0.2, -0.15) is 0 Å². The van der Waals surface area contributed by atoms with Gasteiger partial charge in [-0.05, 0) is 64.7 Å². The molecular weight excluding hydrogens is 262 g/mol. The van der Waals surface area contributed by atoms with E-state index in [2.05, 4.69) is 31.2 Å². The van der Waals surface area contributed by atoms with Crippen LogP contribution in [-0.2, 0) is 0 Å². The van der Waals surface area contributed by atoms with E-state index in [0.29, 0.717) is 0 Å². The van der Waals surface area contributed by atoms with E-state index in [1.165, 1.54) is 0 Å². The number of carbonyl (C=O) groups is 1. The number of rotatable bonds is 9. The monoisotopic (exact) mass is 291 g/mol. The molecule has 0 saturated heterocycles. The average molecular weight is 291 g/mol. The Morgan fingerprint density at radius 3 is 2.29 bits per heavy atom. The molecule has 21 heavy (non-hydrogen) atoms. The van der Waals surface area contributed by atoms with Crippen LogP contribution in [0.5, 0.6) is 0 Å². The number of anilines is 1. The number of hydrogen-bond acceptors (Lipinski definition) is 3. The van der Waals surface area contributed by atoms with Gasteiger partial charge >= 0.3 is 0 Å². The Hall–Kier alpha value is -1.55. The summed E-state index contributed by atoms with van der Waals surface area (Å²) in [5, 5.41) is 3.32. The summed E-state index contributed by atoms with van der Waals surface area (Å²) in [5.41, 5.74) is 1.84. The zero-order valence-corrected chi connectivity index (χ0v) is 13.9. The third kappa shape index (κ3) is 6.17. The predicted molar refractivity (Wildman–Crippen MR) is 90.0 cm³/mol. The van der Waals surface area contributed by atoms with Crippen LogP contribution in [0, 0.1) is 0 Å². The topological polar surface area (TPSA) is 35.6 Å². The first-order valence-corrected chi connectivity index (χ1v) is 7.86. The average Bonchev–Trinajstić information content (AvgIpc) is 2.49. The van der Waals surface area contributed by atoms with Crippen molar-refractivity contribution in [1.29, 1.82) is 0 Å². The maximum absolute atomic E-state index is 12.5. The summed E-state index contributed by atoms with van der Waals surface area (Å²) < 4.78 is 0. The minimum atomic E-state index is 0.123. The van der Waals surface area contributed by atoms with Gasteiger partial charge in [0.25, 0.3) is 5.91 Å². The van der Waals surface area contributed by atoms with Crippen LogP contribution in [0.3, 0.4) is 0 Å². The Morgan fingerprint density at radius 1 is 1.10 bits per heavy atom. The standard InChI is InChI=1S/C17H29N3O/c1-5-12-18-16-10-8-15(9-11-16)17(21)20(6-2)14-7-13-19(3)4/h8-11,18H,5-7,12-14H2,1-4H3. The number of amides is 1. The van der Waals surface area contributed by atoms with Crippen molar-refractivity contribution in [2.75, 3.05) is 45.6 Å². The van der Waals surface area contributed by atoms with E-state index in [0.717, 1.165) is 50.3 Å². The molecule has 0 aromatic heterocycles. The van der Waals surface area contributed by atoms with Gasteiger partial charge in [0.2, 0.25) is 0 Å². The maximum Gasteiger partial charge on any atom is 0.253 e. The molecule has 0 aliphatic heterocycles. The predicted octanol–water partition coefficient (Wildman–Crippen LogP) is 2.92. The molecule has 1 N–H and O–H groups in total. The molecule has 0 radical (unpaired) electrons. The first-order chi connectivity index (χ1) is 10.1. The lowest BCUT2D eigenvalue weighted by Gasteiger charge is -2.22. The molecular formula is C17H29N3O. The van der Waals surface area contributed by atoms with Crippen LogP contribution in [-0.4, -0.2) is 56.0 Å². The Labute approximate surface area is 129 Å². The fourth-order valence-electron chi connectivity index (χ4n) is 2.16. The SMILES string of the molecule is CCCNc1ccc(C(=O)N(CC)CCCN(C)C)cc1.